The first-order valence-electron chi connectivity index (χ1n) is 12.0. The van der Waals surface area contributed by atoms with Gasteiger partial charge in [-0.05, 0) is 71.8 Å². The van der Waals surface area contributed by atoms with Gasteiger partial charge in [-0.15, -0.1) is 0 Å². The van der Waals surface area contributed by atoms with E-state index in [1.165, 1.54) is 31.4 Å². The van der Waals surface area contributed by atoms with Gasteiger partial charge in [0.05, 0.1) is 12.7 Å². The van der Waals surface area contributed by atoms with Crippen molar-refractivity contribution in [2.24, 2.45) is 5.73 Å². The predicted octanol–water partition coefficient (Wildman–Crippen LogP) is 5.05. The Balaban J connectivity index is 1.61. The number of carbonyl (C=O) groups excluding carboxylic acids is 1. The summed E-state index contributed by atoms with van der Waals surface area (Å²) in [5, 5.41) is 22.8. The van der Waals surface area contributed by atoms with Crippen molar-refractivity contribution in [3.8, 4) is 11.5 Å². The second-order valence-electron chi connectivity index (χ2n) is 8.62. The Labute approximate surface area is 225 Å². The number of rotatable bonds is 11. The number of anilines is 2. The number of nitrogens with one attached hydrogen (secondary N) is 3. The normalized spacial score (nSPS) is 11.2. The molecule has 6 N–H and O–H groups in total. The molecule has 4 rings (SSSR count). The molecule has 39 heavy (non-hydrogen) atoms. The average molecular weight is 525 g/mol. The topological polar surface area (TPSA) is 147 Å². The molecule has 1 amide bonds. The molecule has 0 aliphatic rings. The van der Waals surface area contributed by atoms with Crippen LogP contribution in [0.3, 0.4) is 0 Å². The number of aromatic carboxylic acids is 1. The molecule has 1 unspecified atom stereocenters. The minimum absolute atomic E-state index is 0.0588. The van der Waals surface area contributed by atoms with Gasteiger partial charge in [0.15, 0.2) is 11.5 Å². The third kappa shape index (κ3) is 6.92. The molecule has 0 aromatic heterocycles. The second-order valence-corrected chi connectivity index (χ2v) is 8.62. The Morgan fingerprint density at radius 1 is 0.872 bits per heavy atom. The van der Waals surface area contributed by atoms with Gasteiger partial charge >= 0.3 is 5.97 Å². The van der Waals surface area contributed by atoms with Crippen LogP contribution in [0.5, 0.6) is 11.5 Å². The summed E-state index contributed by atoms with van der Waals surface area (Å²) in [6.45, 7) is 0.355. The standard InChI is InChI=1S/C30H28N4O5/c1-38-26-17-22(11-16-25(26)39-18-19-5-3-2-4-6-19)27(33-23-12-7-20(8-13-23)28(31)32)29(35)34-24-14-9-21(10-15-24)30(36)37/h2-17,27,33H,18H2,1H3,(H3,31,32)(H,34,35)(H,36,37). The fourth-order valence-corrected chi connectivity index (χ4v) is 3.84. The predicted molar refractivity (Wildman–Crippen MR) is 150 cm³/mol. The fraction of sp³-hybridized carbons (Fsp3) is 0.100. The van der Waals surface area contributed by atoms with Gasteiger partial charge in [-0.2, -0.15) is 0 Å². The van der Waals surface area contributed by atoms with Crippen LogP contribution < -0.4 is 25.8 Å². The minimum Gasteiger partial charge on any atom is -0.493 e. The van der Waals surface area contributed by atoms with E-state index in [4.69, 9.17) is 25.7 Å². The van der Waals surface area contributed by atoms with Crippen LogP contribution in [0.4, 0.5) is 11.4 Å². The number of nitrogens with two attached hydrogens (primary N) is 1. The van der Waals surface area contributed by atoms with Gasteiger partial charge < -0.3 is 30.9 Å². The SMILES string of the molecule is COc1cc(C(Nc2ccc(C(=N)N)cc2)C(=O)Nc2ccc(C(=O)O)cc2)ccc1OCc1ccccc1. The Morgan fingerprint density at radius 2 is 1.51 bits per heavy atom. The lowest BCUT2D eigenvalue weighted by molar-refractivity contribution is -0.117. The maximum Gasteiger partial charge on any atom is 0.335 e. The van der Waals surface area contributed by atoms with E-state index in [-0.39, 0.29) is 17.3 Å². The van der Waals surface area contributed by atoms with Crippen LogP contribution in [-0.2, 0) is 11.4 Å². The fourth-order valence-electron chi connectivity index (χ4n) is 3.84. The van der Waals surface area contributed by atoms with Crippen LogP contribution >= 0.6 is 0 Å². The molecular formula is C30H28N4O5. The Bertz CT molecular complexity index is 1460. The number of benzene rings is 4. The summed E-state index contributed by atoms with van der Waals surface area (Å²) in [4.78, 5) is 24.7. The van der Waals surface area contributed by atoms with Crippen molar-refractivity contribution < 1.29 is 24.2 Å². The summed E-state index contributed by atoms with van der Waals surface area (Å²) in [7, 11) is 1.53. The largest absolute Gasteiger partial charge is 0.493 e. The third-order valence-corrected chi connectivity index (χ3v) is 5.93. The molecule has 0 fully saturated rings. The summed E-state index contributed by atoms with van der Waals surface area (Å²) < 4.78 is 11.5. The summed E-state index contributed by atoms with van der Waals surface area (Å²) in [6, 6.07) is 26.9. The molecule has 0 radical (unpaired) electrons. The van der Waals surface area contributed by atoms with Crippen LogP contribution in [-0.4, -0.2) is 29.9 Å². The van der Waals surface area contributed by atoms with Crippen LogP contribution in [0.25, 0.3) is 0 Å². The lowest BCUT2D eigenvalue weighted by atomic mass is 10.0. The van der Waals surface area contributed by atoms with Crippen molar-refractivity contribution in [1.82, 2.24) is 0 Å². The van der Waals surface area contributed by atoms with E-state index in [1.807, 2.05) is 30.3 Å². The van der Waals surface area contributed by atoms with Gasteiger partial charge in [0.1, 0.15) is 18.5 Å². The van der Waals surface area contributed by atoms with Crippen LogP contribution in [0.1, 0.15) is 33.1 Å². The molecule has 4 aromatic carbocycles. The number of nitrogen functional groups attached to an aromatic ring is 1. The number of amides is 1. The minimum atomic E-state index is -1.05. The van der Waals surface area contributed by atoms with Gasteiger partial charge in [-0.3, -0.25) is 10.2 Å². The summed E-state index contributed by atoms with van der Waals surface area (Å²) >= 11 is 0. The highest BCUT2D eigenvalue weighted by Gasteiger charge is 2.23. The van der Waals surface area contributed by atoms with E-state index < -0.39 is 12.0 Å². The number of hydrogen-bond acceptors (Lipinski definition) is 6. The van der Waals surface area contributed by atoms with Crippen LogP contribution in [0, 0.1) is 5.41 Å². The highest BCUT2D eigenvalue weighted by molar-refractivity contribution is 5.98. The zero-order valence-electron chi connectivity index (χ0n) is 21.2. The smallest absolute Gasteiger partial charge is 0.335 e. The number of amidine groups is 1. The monoisotopic (exact) mass is 524 g/mol. The molecule has 0 saturated carbocycles. The average Bonchev–Trinajstić information content (AvgIpc) is 2.95. The van der Waals surface area contributed by atoms with E-state index in [2.05, 4.69) is 10.6 Å². The second kappa shape index (κ2) is 12.3. The van der Waals surface area contributed by atoms with Gasteiger partial charge in [0, 0.05) is 16.9 Å². The molecule has 0 aliphatic carbocycles. The zero-order chi connectivity index (χ0) is 27.8. The number of hydrogen-bond donors (Lipinski definition) is 5. The van der Waals surface area contributed by atoms with Crippen molar-refractivity contribution in [1.29, 1.82) is 5.41 Å². The Morgan fingerprint density at radius 3 is 2.13 bits per heavy atom. The number of carboxylic acids is 1. The molecule has 4 aromatic rings. The van der Waals surface area contributed by atoms with E-state index in [0.717, 1.165) is 5.56 Å². The summed E-state index contributed by atoms with van der Waals surface area (Å²) in [5.74, 6) is -0.506. The Hall–Kier alpha value is -5.31. The molecule has 0 aliphatic heterocycles. The van der Waals surface area contributed by atoms with Gasteiger partial charge in [0.25, 0.3) is 5.91 Å². The molecule has 0 bridgehead atoms. The molecule has 0 spiro atoms. The number of carbonyl (C=O) groups is 2. The quantitative estimate of drug-likeness (QED) is 0.136. The zero-order valence-corrected chi connectivity index (χ0v) is 21.2. The maximum atomic E-state index is 13.5. The number of ether oxygens (including phenoxy) is 2. The lowest BCUT2D eigenvalue weighted by Crippen LogP contribution is -2.27. The van der Waals surface area contributed by atoms with Crippen molar-refractivity contribution in [2.75, 3.05) is 17.7 Å². The summed E-state index contributed by atoms with van der Waals surface area (Å²) in [6.07, 6.45) is 0. The molecule has 198 valence electrons. The highest BCUT2D eigenvalue weighted by Crippen LogP contribution is 2.33. The van der Waals surface area contributed by atoms with Crippen molar-refractivity contribution >= 4 is 29.1 Å². The first-order valence-corrected chi connectivity index (χ1v) is 12.0. The van der Waals surface area contributed by atoms with Gasteiger partial charge in [-0.1, -0.05) is 36.4 Å². The molecule has 9 heteroatoms. The number of methoxy groups -OCH3 is 1. The van der Waals surface area contributed by atoms with E-state index >= 15 is 0 Å². The van der Waals surface area contributed by atoms with Gasteiger partial charge in [0.2, 0.25) is 0 Å². The van der Waals surface area contributed by atoms with E-state index in [9.17, 15) is 9.59 Å². The van der Waals surface area contributed by atoms with E-state index in [1.54, 1.807) is 42.5 Å². The molecule has 0 heterocycles. The van der Waals surface area contributed by atoms with Crippen LogP contribution in [0.2, 0.25) is 0 Å². The first-order chi connectivity index (χ1) is 18.8. The lowest BCUT2D eigenvalue weighted by Gasteiger charge is -2.22. The molecule has 0 saturated heterocycles. The van der Waals surface area contributed by atoms with E-state index in [0.29, 0.717) is 40.6 Å². The Kier molecular flexibility index (Phi) is 8.43. The first kappa shape index (κ1) is 26.7. The number of carboxylic acid groups (broad SMARTS) is 1. The summed E-state index contributed by atoms with van der Waals surface area (Å²) in [5.41, 5.74) is 8.92. The maximum absolute atomic E-state index is 13.5. The molecule has 9 nitrogen and oxygen atoms in total. The van der Waals surface area contributed by atoms with Crippen molar-refractivity contribution in [3.63, 3.8) is 0 Å². The van der Waals surface area contributed by atoms with Gasteiger partial charge in [-0.25, -0.2) is 4.79 Å². The third-order valence-electron chi connectivity index (χ3n) is 5.93. The molecular weight excluding hydrogens is 496 g/mol. The van der Waals surface area contributed by atoms with Crippen molar-refractivity contribution in [2.45, 2.75) is 12.6 Å². The van der Waals surface area contributed by atoms with Crippen molar-refractivity contribution in [3.05, 3.63) is 119 Å². The molecule has 1 atom stereocenters. The highest BCUT2D eigenvalue weighted by atomic mass is 16.5. The van der Waals surface area contributed by atoms with Crippen LogP contribution in [0.15, 0.2) is 97.1 Å².